The molecule has 100 valence electrons. The van der Waals surface area contributed by atoms with Gasteiger partial charge in [-0.25, -0.2) is 9.97 Å². The summed E-state index contributed by atoms with van der Waals surface area (Å²) >= 11 is 24.5. The Morgan fingerprint density at radius 2 is 1.55 bits per heavy atom. The second kappa shape index (κ2) is 5.38. The molecule has 1 heterocycles. The number of aromatic nitrogens is 2. The third-order valence-corrected chi connectivity index (χ3v) is 3.91. The summed E-state index contributed by atoms with van der Waals surface area (Å²) in [6, 6.07) is 10.6. The molecule has 0 bridgehead atoms. The van der Waals surface area contributed by atoms with Gasteiger partial charge in [-0.2, -0.15) is 0 Å². The van der Waals surface area contributed by atoms with Crippen LogP contribution in [0, 0.1) is 0 Å². The van der Waals surface area contributed by atoms with Crippen LogP contribution < -0.4 is 0 Å². The summed E-state index contributed by atoms with van der Waals surface area (Å²) in [6.07, 6.45) is 0. The lowest BCUT2D eigenvalue weighted by molar-refractivity contribution is 1.23. The van der Waals surface area contributed by atoms with Gasteiger partial charge in [-0.1, -0.05) is 58.5 Å². The van der Waals surface area contributed by atoms with Crippen molar-refractivity contribution in [3.8, 4) is 11.4 Å². The molecule has 0 radical (unpaired) electrons. The van der Waals surface area contributed by atoms with E-state index in [-0.39, 0.29) is 5.15 Å². The van der Waals surface area contributed by atoms with Crippen LogP contribution in [0.4, 0.5) is 0 Å². The summed E-state index contributed by atoms with van der Waals surface area (Å²) in [6.45, 7) is 0. The third kappa shape index (κ3) is 2.45. The maximum Gasteiger partial charge on any atom is 0.163 e. The molecular weight excluding hydrogens is 338 g/mol. The van der Waals surface area contributed by atoms with Crippen molar-refractivity contribution in [2.24, 2.45) is 0 Å². The molecule has 3 rings (SSSR count). The second-order valence-electron chi connectivity index (χ2n) is 4.10. The molecule has 2 nitrogen and oxygen atoms in total. The fourth-order valence-electron chi connectivity index (χ4n) is 1.88. The number of hydrogen-bond donors (Lipinski definition) is 0. The number of fused-ring (bicyclic) bond motifs is 1. The van der Waals surface area contributed by atoms with Gasteiger partial charge < -0.3 is 0 Å². The van der Waals surface area contributed by atoms with Gasteiger partial charge in [-0.3, -0.25) is 0 Å². The molecular formula is C14H6Cl4N2. The molecule has 0 spiro atoms. The van der Waals surface area contributed by atoms with Gasteiger partial charge in [0.1, 0.15) is 5.15 Å². The Morgan fingerprint density at radius 3 is 2.30 bits per heavy atom. The van der Waals surface area contributed by atoms with E-state index in [4.69, 9.17) is 46.4 Å². The molecule has 3 aromatic rings. The number of nitrogens with zero attached hydrogens (tertiary/aromatic N) is 2. The van der Waals surface area contributed by atoms with E-state index in [1.54, 1.807) is 18.2 Å². The van der Waals surface area contributed by atoms with E-state index >= 15 is 0 Å². The second-order valence-corrected chi connectivity index (χ2v) is 5.71. The van der Waals surface area contributed by atoms with Crippen molar-refractivity contribution in [1.82, 2.24) is 9.97 Å². The Balaban J connectivity index is 2.33. The minimum absolute atomic E-state index is 0.286. The molecule has 0 atom stereocenters. The van der Waals surface area contributed by atoms with Gasteiger partial charge in [0.15, 0.2) is 5.82 Å². The first kappa shape index (κ1) is 13.9. The Labute approximate surface area is 135 Å². The number of rotatable bonds is 1. The highest BCUT2D eigenvalue weighted by atomic mass is 35.5. The van der Waals surface area contributed by atoms with E-state index in [1.807, 2.05) is 18.2 Å². The normalized spacial score (nSPS) is 11.0. The molecule has 2 aromatic carbocycles. The first-order chi connectivity index (χ1) is 9.56. The minimum atomic E-state index is 0.286. The average molecular weight is 344 g/mol. The molecule has 0 aliphatic heterocycles. The van der Waals surface area contributed by atoms with Crippen molar-refractivity contribution in [2.45, 2.75) is 0 Å². The van der Waals surface area contributed by atoms with E-state index < -0.39 is 0 Å². The third-order valence-electron chi connectivity index (χ3n) is 2.79. The van der Waals surface area contributed by atoms with E-state index in [1.165, 1.54) is 0 Å². The molecule has 0 fully saturated rings. The molecule has 6 heteroatoms. The molecule has 0 N–H and O–H groups in total. The fraction of sp³-hybridized carbons (Fsp3) is 0. The van der Waals surface area contributed by atoms with Crippen LogP contribution in [0.2, 0.25) is 20.2 Å². The molecule has 1 aromatic heterocycles. The molecule has 20 heavy (non-hydrogen) atoms. The molecule has 0 saturated carbocycles. The Hall–Kier alpha value is -1.06. The van der Waals surface area contributed by atoms with Crippen molar-refractivity contribution in [2.75, 3.05) is 0 Å². The largest absolute Gasteiger partial charge is 0.226 e. The van der Waals surface area contributed by atoms with Gasteiger partial charge in [0.25, 0.3) is 0 Å². The van der Waals surface area contributed by atoms with Crippen LogP contribution >= 0.6 is 46.4 Å². The van der Waals surface area contributed by atoms with E-state index in [0.717, 1.165) is 0 Å². The lowest BCUT2D eigenvalue weighted by Gasteiger charge is -2.07. The smallest absolute Gasteiger partial charge is 0.163 e. The quantitative estimate of drug-likeness (QED) is 0.513. The summed E-state index contributed by atoms with van der Waals surface area (Å²) in [7, 11) is 0. The predicted molar refractivity (Wildman–Crippen MR) is 85.0 cm³/mol. The van der Waals surface area contributed by atoms with Gasteiger partial charge in [-0.15, -0.1) is 0 Å². The summed E-state index contributed by atoms with van der Waals surface area (Å²) < 4.78 is 0. The topological polar surface area (TPSA) is 25.8 Å². The van der Waals surface area contributed by atoms with Crippen LogP contribution in [-0.4, -0.2) is 9.97 Å². The zero-order chi connectivity index (χ0) is 14.3. The first-order valence-electron chi connectivity index (χ1n) is 5.63. The molecule has 0 unspecified atom stereocenters. The Bertz CT molecular complexity index is 818. The standard InChI is InChI=1S/C14H6Cl4N2/c15-7-5-9-12(11(17)6-7)19-14(20-13(9)18)8-3-1-2-4-10(8)16/h1-6H. The van der Waals surface area contributed by atoms with Gasteiger partial charge >= 0.3 is 0 Å². The predicted octanol–water partition coefficient (Wildman–Crippen LogP) is 5.91. The zero-order valence-electron chi connectivity index (χ0n) is 9.87. The van der Waals surface area contributed by atoms with Gasteiger partial charge in [0.2, 0.25) is 0 Å². The molecule has 0 saturated heterocycles. The Morgan fingerprint density at radius 1 is 0.800 bits per heavy atom. The maximum absolute atomic E-state index is 6.20. The highest BCUT2D eigenvalue weighted by Gasteiger charge is 2.13. The van der Waals surface area contributed by atoms with Gasteiger partial charge in [0.05, 0.1) is 15.6 Å². The summed E-state index contributed by atoms with van der Waals surface area (Å²) in [5.74, 6) is 0.428. The summed E-state index contributed by atoms with van der Waals surface area (Å²) in [5.41, 5.74) is 1.25. The SMILES string of the molecule is Clc1cc(Cl)c2nc(-c3ccccc3Cl)nc(Cl)c2c1. The minimum Gasteiger partial charge on any atom is -0.226 e. The van der Waals surface area contributed by atoms with Crippen LogP contribution in [0.15, 0.2) is 36.4 Å². The van der Waals surface area contributed by atoms with Crippen molar-refractivity contribution < 1.29 is 0 Å². The molecule has 0 aliphatic rings. The average Bonchev–Trinajstić information content (AvgIpc) is 2.40. The van der Waals surface area contributed by atoms with Crippen LogP contribution in [-0.2, 0) is 0 Å². The number of hydrogen-bond acceptors (Lipinski definition) is 2. The lowest BCUT2D eigenvalue weighted by Crippen LogP contribution is -1.93. The molecule has 0 aliphatic carbocycles. The summed E-state index contributed by atoms with van der Waals surface area (Å²) in [5, 5.41) is 2.35. The number of halogens is 4. The van der Waals surface area contributed by atoms with Crippen LogP contribution in [0.3, 0.4) is 0 Å². The monoisotopic (exact) mass is 342 g/mol. The van der Waals surface area contributed by atoms with Gasteiger partial charge in [-0.05, 0) is 24.3 Å². The van der Waals surface area contributed by atoms with Gasteiger partial charge in [0, 0.05) is 16.0 Å². The fourth-order valence-corrected chi connectivity index (χ4v) is 2.86. The zero-order valence-corrected chi connectivity index (χ0v) is 12.9. The van der Waals surface area contributed by atoms with Crippen molar-refractivity contribution in [1.29, 1.82) is 0 Å². The van der Waals surface area contributed by atoms with Crippen molar-refractivity contribution in [3.05, 3.63) is 56.6 Å². The van der Waals surface area contributed by atoms with Crippen LogP contribution in [0.25, 0.3) is 22.3 Å². The Kier molecular flexibility index (Phi) is 3.74. The highest BCUT2D eigenvalue weighted by molar-refractivity contribution is 6.41. The van der Waals surface area contributed by atoms with E-state index in [2.05, 4.69) is 9.97 Å². The van der Waals surface area contributed by atoms with Crippen LogP contribution in [0.5, 0.6) is 0 Å². The first-order valence-corrected chi connectivity index (χ1v) is 7.14. The van der Waals surface area contributed by atoms with Crippen molar-refractivity contribution in [3.63, 3.8) is 0 Å². The van der Waals surface area contributed by atoms with Crippen LogP contribution in [0.1, 0.15) is 0 Å². The summed E-state index contributed by atoms with van der Waals surface area (Å²) in [4.78, 5) is 8.70. The number of benzene rings is 2. The molecule has 0 amide bonds. The lowest BCUT2D eigenvalue weighted by atomic mass is 10.2. The van der Waals surface area contributed by atoms with E-state index in [9.17, 15) is 0 Å². The highest BCUT2D eigenvalue weighted by Crippen LogP contribution is 2.33. The van der Waals surface area contributed by atoms with Crippen molar-refractivity contribution >= 4 is 57.3 Å². The maximum atomic E-state index is 6.20. The van der Waals surface area contributed by atoms with E-state index in [0.29, 0.717) is 37.4 Å².